The molecule has 0 radical (unpaired) electrons. The minimum absolute atomic E-state index is 0.0345. The minimum Gasteiger partial charge on any atom is -0.368 e. The van der Waals surface area contributed by atoms with Crippen molar-refractivity contribution in [3.05, 3.63) is 52.9 Å². The number of rotatable bonds is 4. The maximum atomic E-state index is 13.6. The van der Waals surface area contributed by atoms with Crippen molar-refractivity contribution in [3.8, 4) is 0 Å². The molecular formula is C25H32N4O. The van der Waals surface area contributed by atoms with Crippen molar-refractivity contribution in [1.82, 2.24) is 5.32 Å². The first kappa shape index (κ1) is 19.5. The van der Waals surface area contributed by atoms with Gasteiger partial charge in [0.1, 0.15) is 0 Å². The number of benzene rings is 1. The Morgan fingerprint density at radius 3 is 2.77 bits per heavy atom. The highest BCUT2D eigenvalue weighted by Gasteiger charge is 2.53. The summed E-state index contributed by atoms with van der Waals surface area (Å²) in [6, 6.07) is 9.52. The first-order valence-electron chi connectivity index (χ1n) is 11.4. The molecule has 1 saturated heterocycles. The number of hydrogen-bond donors (Lipinski definition) is 1. The number of ketones is 1. The molecular weight excluding hydrogens is 372 g/mol. The lowest BCUT2D eigenvalue weighted by atomic mass is 9.59. The second-order valence-electron chi connectivity index (χ2n) is 10.0. The Kier molecular flexibility index (Phi) is 4.42. The molecule has 5 nitrogen and oxygen atoms in total. The fourth-order valence-electron chi connectivity index (χ4n) is 6.05. The zero-order valence-electron chi connectivity index (χ0n) is 18.5. The molecule has 1 aromatic rings. The molecule has 30 heavy (non-hydrogen) atoms. The molecule has 1 fully saturated rings. The lowest BCUT2D eigenvalue weighted by molar-refractivity contribution is -0.119. The molecule has 1 N–H and O–H groups in total. The second-order valence-corrected chi connectivity index (χ2v) is 10.0. The predicted molar refractivity (Wildman–Crippen MR) is 119 cm³/mol. The molecule has 0 amide bonds. The van der Waals surface area contributed by atoms with Crippen LogP contribution >= 0.6 is 0 Å². The number of allylic oxidation sites excluding steroid dienone is 2. The van der Waals surface area contributed by atoms with Gasteiger partial charge < -0.3 is 10.2 Å². The van der Waals surface area contributed by atoms with Crippen LogP contribution in [0.1, 0.15) is 65.4 Å². The van der Waals surface area contributed by atoms with Crippen molar-refractivity contribution in [3.63, 3.8) is 0 Å². The van der Waals surface area contributed by atoms with E-state index in [9.17, 15) is 4.79 Å². The second kappa shape index (κ2) is 6.79. The number of fused-ring (bicyclic) bond motifs is 1. The Morgan fingerprint density at radius 1 is 1.23 bits per heavy atom. The third-order valence-electron chi connectivity index (χ3n) is 7.60. The Hall–Kier alpha value is -2.43. The summed E-state index contributed by atoms with van der Waals surface area (Å²) in [4.78, 5) is 16.1. The summed E-state index contributed by atoms with van der Waals surface area (Å²) in [6.07, 6.45) is 6.45. The normalized spacial score (nSPS) is 31.7. The monoisotopic (exact) mass is 404 g/mol. The molecule has 0 spiro atoms. The van der Waals surface area contributed by atoms with E-state index in [1.54, 1.807) is 0 Å². The van der Waals surface area contributed by atoms with E-state index in [0.29, 0.717) is 12.5 Å². The van der Waals surface area contributed by atoms with Crippen molar-refractivity contribution in [2.24, 2.45) is 15.6 Å². The zero-order chi connectivity index (χ0) is 21.1. The summed E-state index contributed by atoms with van der Waals surface area (Å²) in [6.45, 7) is 9.93. The SMILES string of the molecule is CC[C@H]1CCN1c1cccc([C@@]2(CC)C3=CN=NC3NC3=C2C(=O)CC(C)(C)C3)c1. The number of nitrogens with one attached hydrogen (secondary N) is 1. The highest BCUT2D eigenvalue weighted by molar-refractivity contribution is 6.01. The van der Waals surface area contributed by atoms with E-state index in [0.717, 1.165) is 36.2 Å². The Labute approximate surface area is 179 Å². The molecule has 5 heteroatoms. The van der Waals surface area contributed by atoms with Gasteiger partial charge in [0.15, 0.2) is 11.9 Å². The fraction of sp³-hybridized carbons (Fsp3) is 0.560. The topological polar surface area (TPSA) is 57.1 Å². The zero-order valence-corrected chi connectivity index (χ0v) is 18.5. The number of Topliss-reactive ketones (excluding diaryl/α,β-unsaturated/α-hetero) is 1. The summed E-state index contributed by atoms with van der Waals surface area (Å²) in [5.41, 5.74) is 5.12. The smallest absolute Gasteiger partial charge is 0.164 e. The summed E-state index contributed by atoms with van der Waals surface area (Å²) in [5, 5.41) is 12.3. The van der Waals surface area contributed by atoms with Crippen LogP contribution in [0.3, 0.4) is 0 Å². The van der Waals surface area contributed by atoms with Gasteiger partial charge >= 0.3 is 0 Å². The van der Waals surface area contributed by atoms with E-state index in [4.69, 9.17) is 0 Å². The summed E-state index contributed by atoms with van der Waals surface area (Å²) in [5.74, 6) is 0.266. The maximum Gasteiger partial charge on any atom is 0.164 e. The van der Waals surface area contributed by atoms with Crippen molar-refractivity contribution >= 4 is 11.5 Å². The summed E-state index contributed by atoms with van der Waals surface area (Å²) in [7, 11) is 0. The van der Waals surface area contributed by atoms with Crippen LogP contribution in [0, 0.1) is 5.41 Å². The first-order chi connectivity index (χ1) is 14.4. The number of carbonyl (C=O) groups excluding carboxylic acids is 1. The highest BCUT2D eigenvalue weighted by Crippen LogP contribution is 2.54. The van der Waals surface area contributed by atoms with E-state index >= 15 is 0 Å². The van der Waals surface area contributed by atoms with Crippen LogP contribution in [0.15, 0.2) is 57.5 Å². The van der Waals surface area contributed by atoms with Crippen LogP contribution in [-0.4, -0.2) is 24.5 Å². The fourth-order valence-corrected chi connectivity index (χ4v) is 6.05. The van der Waals surface area contributed by atoms with E-state index in [2.05, 4.69) is 72.4 Å². The van der Waals surface area contributed by atoms with E-state index in [1.807, 2.05) is 6.20 Å². The average Bonchev–Trinajstić information content (AvgIpc) is 3.13. The molecule has 0 saturated carbocycles. The predicted octanol–water partition coefficient (Wildman–Crippen LogP) is 5.25. The van der Waals surface area contributed by atoms with Gasteiger partial charge in [0.2, 0.25) is 0 Å². The van der Waals surface area contributed by atoms with Gasteiger partial charge in [0.25, 0.3) is 0 Å². The van der Waals surface area contributed by atoms with Gasteiger partial charge in [0, 0.05) is 41.5 Å². The van der Waals surface area contributed by atoms with Gasteiger partial charge in [-0.05, 0) is 48.8 Å². The van der Waals surface area contributed by atoms with Crippen LogP contribution in [-0.2, 0) is 10.2 Å². The quantitative estimate of drug-likeness (QED) is 0.746. The van der Waals surface area contributed by atoms with E-state index in [1.165, 1.54) is 24.1 Å². The molecule has 3 aliphatic heterocycles. The van der Waals surface area contributed by atoms with Crippen LogP contribution in [0.4, 0.5) is 5.69 Å². The summed E-state index contributed by atoms with van der Waals surface area (Å²) < 4.78 is 0. The molecule has 3 atom stereocenters. The molecule has 158 valence electrons. The van der Waals surface area contributed by atoms with Crippen LogP contribution in [0.25, 0.3) is 0 Å². The number of azo groups is 1. The Bertz CT molecular complexity index is 987. The third-order valence-corrected chi connectivity index (χ3v) is 7.60. The van der Waals surface area contributed by atoms with Gasteiger partial charge in [-0.2, -0.15) is 10.2 Å². The number of carbonyl (C=O) groups is 1. The van der Waals surface area contributed by atoms with Crippen LogP contribution in [0.5, 0.6) is 0 Å². The molecule has 3 heterocycles. The van der Waals surface area contributed by atoms with E-state index in [-0.39, 0.29) is 17.4 Å². The van der Waals surface area contributed by atoms with Gasteiger partial charge in [0.05, 0.1) is 11.6 Å². The number of hydrogen-bond acceptors (Lipinski definition) is 5. The molecule has 1 aliphatic carbocycles. The molecule has 1 aromatic carbocycles. The van der Waals surface area contributed by atoms with Crippen LogP contribution < -0.4 is 10.2 Å². The molecule has 0 aromatic heterocycles. The molecule has 5 rings (SSSR count). The Morgan fingerprint density at radius 2 is 2.07 bits per heavy atom. The van der Waals surface area contributed by atoms with Gasteiger partial charge in [-0.1, -0.05) is 39.8 Å². The standard InChI is InChI=1S/C25H32N4O/c1-5-17-10-11-29(17)18-9-7-8-16(12-18)25(6-2)19-15-26-28-23(19)27-20-13-24(3,4)14-21(30)22(20)25/h7-9,12,15,17,23,27H,5-6,10-11,13-14H2,1-4H3/t17-,23?,25-/m0/s1. The number of nitrogens with zero attached hydrogens (tertiary/aromatic N) is 3. The van der Waals surface area contributed by atoms with Crippen molar-refractivity contribution < 1.29 is 4.79 Å². The lowest BCUT2D eigenvalue weighted by Crippen LogP contribution is -2.51. The minimum atomic E-state index is -0.453. The summed E-state index contributed by atoms with van der Waals surface area (Å²) >= 11 is 0. The van der Waals surface area contributed by atoms with Crippen molar-refractivity contribution in [1.29, 1.82) is 0 Å². The largest absolute Gasteiger partial charge is 0.368 e. The van der Waals surface area contributed by atoms with Gasteiger partial charge in [-0.25, -0.2) is 0 Å². The van der Waals surface area contributed by atoms with Gasteiger partial charge in [-0.15, -0.1) is 0 Å². The highest BCUT2D eigenvalue weighted by atomic mass is 16.1. The van der Waals surface area contributed by atoms with E-state index < -0.39 is 5.41 Å². The Balaban J connectivity index is 1.68. The van der Waals surface area contributed by atoms with Crippen molar-refractivity contribution in [2.45, 2.75) is 77.4 Å². The number of anilines is 1. The van der Waals surface area contributed by atoms with Gasteiger partial charge in [-0.3, -0.25) is 4.79 Å². The lowest BCUT2D eigenvalue weighted by Gasteiger charge is -2.48. The van der Waals surface area contributed by atoms with Crippen molar-refractivity contribution in [2.75, 3.05) is 11.4 Å². The molecule has 0 bridgehead atoms. The molecule has 4 aliphatic rings. The van der Waals surface area contributed by atoms with Crippen LogP contribution in [0.2, 0.25) is 0 Å². The molecule has 1 unspecified atom stereocenters. The average molecular weight is 405 g/mol. The third kappa shape index (κ3) is 2.70. The maximum absolute atomic E-state index is 13.6. The first-order valence-corrected chi connectivity index (χ1v) is 11.4.